The van der Waals surface area contributed by atoms with Gasteiger partial charge < -0.3 is 21.1 Å². The molecule has 2 atom stereocenters. The Morgan fingerprint density at radius 2 is 1.67 bits per heavy atom. The molecular formula is C31H40N4O4. The van der Waals surface area contributed by atoms with Gasteiger partial charge in [0.25, 0.3) is 0 Å². The molecule has 4 N–H and O–H groups in total. The molecule has 8 nitrogen and oxygen atoms in total. The molecule has 0 unspecified atom stereocenters. The lowest BCUT2D eigenvalue weighted by molar-refractivity contribution is -0.133. The third kappa shape index (κ3) is 10.1. The van der Waals surface area contributed by atoms with Gasteiger partial charge in [-0.15, -0.1) is 0 Å². The van der Waals surface area contributed by atoms with E-state index in [-0.39, 0.29) is 18.4 Å². The lowest BCUT2D eigenvalue weighted by Gasteiger charge is -2.32. The molecule has 0 saturated heterocycles. The molecule has 2 aromatic carbocycles. The summed E-state index contributed by atoms with van der Waals surface area (Å²) in [7, 11) is 0. The fourth-order valence-corrected chi connectivity index (χ4v) is 5.37. The van der Waals surface area contributed by atoms with E-state index in [2.05, 4.69) is 16.7 Å². The second-order valence-electron chi connectivity index (χ2n) is 11.1. The number of nitrogens with two attached hydrogens (primary N) is 1. The Hall–Kier alpha value is -3.86. The molecule has 0 radical (unpaired) electrons. The number of nitrogens with one attached hydrogen (secondary N) is 2. The van der Waals surface area contributed by atoms with Crippen molar-refractivity contribution in [3.63, 3.8) is 0 Å². The van der Waals surface area contributed by atoms with Crippen LogP contribution in [0.15, 0.2) is 54.6 Å². The van der Waals surface area contributed by atoms with Gasteiger partial charge in [0.1, 0.15) is 11.6 Å². The zero-order chi connectivity index (χ0) is 28.3. The van der Waals surface area contributed by atoms with E-state index < -0.39 is 23.7 Å². The SMILES string of the molecule is CC(C)(C[C@@H](CC1CCCCC1)C(=O)N[C@@H](Cc1ccccc1)C(=O)NCc1ccc(C#N)cc1)OC(N)=O. The molecule has 1 aliphatic rings. The van der Waals surface area contributed by atoms with Gasteiger partial charge in [0.05, 0.1) is 11.6 Å². The second kappa shape index (κ2) is 14.3. The maximum Gasteiger partial charge on any atom is 0.405 e. The molecule has 1 aliphatic carbocycles. The number of primary amides is 1. The number of rotatable bonds is 12. The van der Waals surface area contributed by atoms with Gasteiger partial charge in [-0.25, -0.2) is 4.79 Å². The van der Waals surface area contributed by atoms with E-state index in [9.17, 15) is 14.4 Å². The Bertz CT molecular complexity index is 1140. The molecule has 1 fully saturated rings. The Morgan fingerprint density at radius 3 is 2.28 bits per heavy atom. The van der Waals surface area contributed by atoms with Crippen LogP contribution in [0.3, 0.4) is 0 Å². The Labute approximate surface area is 231 Å². The molecule has 3 amide bonds. The highest BCUT2D eigenvalue weighted by molar-refractivity contribution is 5.88. The molecule has 208 valence electrons. The van der Waals surface area contributed by atoms with E-state index >= 15 is 0 Å². The van der Waals surface area contributed by atoms with Gasteiger partial charge in [0.15, 0.2) is 0 Å². The van der Waals surface area contributed by atoms with Crippen molar-refractivity contribution in [2.24, 2.45) is 17.6 Å². The first-order valence-corrected chi connectivity index (χ1v) is 13.7. The van der Waals surface area contributed by atoms with Crippen LogP contribution in [0.1, 0.15) is 75.5 Å². The van der Waals surface area contributed by atoms with Gasteiger partial charge in [-0.1, -0.05) is 74.6 Å². The smallest absolute Gasteiger partial charge is 0.405 e. The molecule has 0 heterocycles. The summed E-state index contributed by atoms with van der Waals surface area (Å²) >= 11 is 0. The van der Waals surface area contributed by atoms with Crippen LogP contribution < -0.4 is 16.4 Å². The fraction of sp³-hybridized carbons (Fsp3) is 0.484. The fourth-order valence-electron chi connectivity index (χ4n) is 5.37. The number of hydrogen-bond donors (Lipinski definition) is 3. The summed E-state index contributed by atoms with van der Waals surface area (Å²) in [5.41, 5.74) is 6.70. The van der Waals surface area contributed by atoms with Gasteiger partial charge in [0.2, 0.25) is 11.8 Å². The van der Waals surface area contributed by atoms with Crippen molar-refractivity contribution in [2.45, 2.75) is 83.4 Å². The quantitative estimate of drug-likeness (QED) is 0.363. The van der Waals surface area contributed by atoms with Gasteiger partial charge in [-0.2, -0.15) is 5.26 Å². The average Bonchev–Trinajstić information content (AvgIpc) is 2.91. The minimum atomic E-state index is -0.921. The average molecular weight is 533 g/mol. The van der Waals surface area contributed by atoms with Gasteiger partial charge >= 0.3 is 6.09 Å². The third-order valence-corrected chi connectivity index (χ3v) is 7.29. The summed E-state index contributed by atoms with van der Waals surface area (Å²) in [4.78, 5) is 38.6. The number of nitrogens with zero attached hydrogens (tertiary/aromatic N) is 1. The predicted octanol–water partition coefficient (Wildman–Crippen LogP) is 4.75. The third-order valence-electron chi connectivity index (χ3n) is 7.29. The lowest BCUT2D eigenvalue weighted by Crippen LogP contribution is -2.50. The van der Waals surface area contributed by atoms with E-state index in [1.165, 1.54) is 6.42 Å². The number of nitriles is 1. The van der Waals surface area contributed by atoms with E-state index in [1.54, 1.807) is 38.1 Å². The molecule has 39 heavy (non-hydrogen) atoms. The van der Waals surface area contributed by atoms with Crippen molar-refractivity contribution in [3.05, 3.63) is 71.3 Å². The van der Waals surface area contributed by atoms with Crippen LogP contribution in [0.4, 0.5) is 4.79 Å². The number of benzene rings is 2. The molecule has 8 heteroatoms. The summed E-state index contributed by atoms with van der Waals surface area (Å²) in [6.07, 6.45) is 6.08. The second-order valence-corrected chi connectivity index (χ2v) is 11.1. The Morgan fingerprint density at radius 1 is 1.00 bits per heavy atom. The molecule has 1 saturated carbocycles. The van der Waals surface area contributed by atoms with E-state index in [1.807, 2.05) is 30.3 Å². The number of carbonyl (C=O) groups excluding carboxylic acids is 3. The normalized spacial score (nSPS) is 15.4. The maximum absolute atomic E-state index is 13.7. The monoisotopic (exact) mass is 532 g/mol. The van der Waals surface area contributed by atoms with Crippen LogP contribution >= 0.6 is 0 Å². The molecule has 2 aromatic rings. The molecule has 3 rings (SSSR count). The van der Waals surface area contributed by atoms with Crippen LogP contribution in [-0.4, -0.2) is 29.6 Å². The van der Waals surface area contributed by atoms with E-state index in [4.69, 9.17) is 15.7 Å². The topological polar surface area (TPSA) is 134 Å². The van der Waals surface area contributed by atoms with Crippen molar-refractivity contribution in [2.75, 3.05) is 0 Å². The minimum Gasteiger partial charge on any atom is -0.444 e. The molecule has 0 spiro atoms. The highest BCUT2D eigenvalue weighted by atomic mass is 16.6. The van der Waals surface area contributed by atoms with Crippen molar-refractivity contribution in [1.82, 2.24) is 10.6 Å². The van der Waals surface area contributed by atoms with Crippen molar-refractivity contribution in [3.8, 4) is 6.07 Å². The first-order chi connectivity index (χ1) is 18.6. The van der Waals surface area contributed by atoms with Crippen LogP contribution in [0.25, 0.3) is 0 Å². The molecule has 0 aliphatic heterocycles. The predicted molar refractivity (Wildman–Crippen MR) is 149 cm³/mol. The summed E-state index contributed by atoms with van der Waals surface area (Å²) < 4.78 is 5.32. The Kier molecular flexibility index (Phi) is 10.9. The van der Waals surface area contributed by atoms with Crippen molar-refractivity contribution >= 4 is 17.9 Å². The number of hydrogen-bond acceptors (Lipinski definition) is 5. The standard InChI is InChI=1S/C31H40N4O4/c1-31(2,39-30(33)38)19-26(17-22-9-5-3-6-10-22)28(36)35-27(18-23-11-7-4-8-12-23)29(37)34-21-25-15-13-24(20-32)14-16-25/h4,7-8,11-16,22,26-27H,3,5-6,9-10,17-19,21H2,1-2H3,(H2,33,38)(H,34,37)(H,35,36)/t26-,27+/m1/s1. The summed E-state index contributed by atoms with van der Waals surface area (Å²) in [6.45, 7) is 3.78. The number of amides is 3. The zero-order valence-electron chi connectivity index (χ0n) is 22.9. The first kappa shape index (κ1) is 29.7. The highest BCUT2D eigenvalue weighted by Gasteiger charge is 2.34. The lowest BCUT2D eigenvalue weighted by atomic mass is 9.79. The molecule has 0 aromatic heterocycles. The van der Waals surface area contributed by atoms with Gasteiger partial charge in [-0.05, 0) is 55.9 Å². The first-order valence-electron chi connectivity index (χ1n) is 13.7. The summed E-state index contributed by atoms with van der Waals surface area (Å²) in [5.74, 6) is -0.541. The van der Waals surface area contributed by atoms with Crippen LogP contribution in [0, 0.1) is 23.2 Å². The van der Waals surface area contributed by atoms with Crippen LogP contribution in [0.2, 0.25) is 0 Å². The largest absolute Gasteiger partial charge is 0.444 e. The van der Waals surface area contributed by atoms with Crippen LogP contribution in [-0.2, 0) is 27.3 Å². The van der Waals surface area contributed by atoms with E-state index in [0.717, 1.165) is 36.8 Å². The van der Waals surface area contributed by atoms with Crippen molar-refractivity contribution in [1.29, 1.82) is 5.26 Å². The Balaban J connectivity index is 1.76. The van der Waals surface area contributed by atoms with Gasteiger partial charge in [-0.3, -0.25) is 9.59 Å². The summed E-state index contributed by atoms with van der Waals surface area (Å²) in [6, 6.07) is 17.9. The van der Waals surface area contributed by atoms with Crippen LogP contribution in [0.5, 0.6) is 0 Å². The minimum absolute atomic E-state index is 0.226. The van der Waals surface area contributed by atoms with Crippen molar-refractivity contribution < 1.29 is 19.1 Å². The number of carbonyl (C=O) groups is 3. The maximum atomic E-state index is 13.7. The summed E-state index contributed by atoms with van der Waals surface area (Å²) in [5, 5.41) is 15.0. The number of ether oxygens (including phenoxy) is 1. The van der Waals surface area contributed by atoms with E-state index in [0.29, 0.717) is 30.7 Å². The zero-order valence-corrected chi connectivity index (χ0v) is 22.9. The highest BCUT2D eigenvalue weighted by Crippen LogP contribution is 2.33. The molecule has 0 bridgehead atoms. The molecular weight excluding hydrogens is 492 g/mol. The van der Waals surface area contributed by atoms with Gasteiger partial charge in [0, 0.05) is 18.9 Å².